The molecule has 0 saturated carbocycles. The molecule has 2 aliphatic heterocycles. The number of nitriles is 1. The second-order valence-corrected chi connectivity index (χ2v) is 12.8. The third kappa shape index (κ3) is 7.65. The number of hydrogen-bond acceptors (Lipinski definition) is 7. The first-order valence-electron chi connectivity index (χ1n) is 17.1. The summed E-state index contributed by atoms with van der Waals surface area (Å²) < 4.78 is 62.1. The lowest BCUT2D eigenvalue weighted by Crippen LogP contribution is -2.55. The van der Waals surface area contributed by atoms with E-state index in [1.165, 1.54) is 51.9 Å². The van der Waals surface area contributed by atoms with Crippen molar-refractivity contribution in [3.63, 3.8) is 0 Å². The highest BCUT2D eigenvalue weighted by Crippen LogP contribution is 2.44. The molecule has 0 aliphatic carbocycles. The minimum atomic E-state index is -4.72. The molecule has 1 aromatic heterocycles. The van der Waals surface area contributed by atoms with Crippen LogP contribution < -0.4 is 10.2 Å². The number of rotatable bonds is 10. The number of carbonyl (C=O) groups is 3. The number of nitrogens with one attached hydrogen (secondary N) is 1. The molecule has 3 heterocycles. The van der Waals surface area contributed by atoms with Gasteiger partial charge in [0.05, 0.1) is 24.1 Å². The molecule has 6 rings (SSSR count). The van der Waals surface area contributed by atoms with Crippen molar-refractivity contribution in [3.8, 4) is 11.8 Å². The lowest BCUT2D eigenvalue weighted by Gasteiger charge is -2.38. The van der Waals surface area contributed by atoms with Gasteiger partial charge in [-0.2, -0.15) is 23.5 Å². The molecule has 0 radical (unpaired) electrons. The van der Waals surface area contributed by atoms with Gasteiger partial charge in [0.2, 0.25) is 0 Å². The summed E-state index contributed by atoms with van der Waals surface area (Å²) in [7, 11) is 1.49. The number of halogens is 4. The SMILES string of the molecule is CCN1C(=O)[C@@H](NC(=O)c2cccc(C(F)(F)F)c2)[C@@H](c2ccc(F)cc2)c2c(C(=O)N(C)[C@@H](C#N)CCN3CCCOC3)nn(-c3ccccc3)c21. The molecule has 0 bridgehead atoms. The summed E-state index contributed by atoms with van der Waals surface area (Å²) in [6.07, 6.45) is -3.57. The summed E-state index contributed by atoms with van der Waals surface area (Å²) in [6.45, 7) is 4.10. The summed E-state index contributed by atoms with van der Waals surface area (Å²) >= 11 is 0. The van der Waals surface area contributed by atoms with E-state index in [2.05, 4.69) is 11.4 Å². The zero-order valence-electron chi connectivity index (χ0n) is 29.0. The van der Waals surface area contributed by atoms with Gasteiger partial charge in [0.1, 0.15) is 23.7 Å². The van der Waals surface area contributed by atoms with Crippen LogP contribution >= 0.6 is 0 Å². The van der Waals surface area contributed by atoms with Crippen LogP contribution in [0.25, 0.3) is 5.69 Å². The molecule has 3 atom stereocenters. The lowest BCUT2D eigenvalue weighted by molar-refractivity contribution is -0.137. The van der Waals surface area contributed by atoms with Crippen molar-refractivity contribution in [1.29, 1.82) is 5.26 Å². The maximum absolute atomic E-state index is 14.6. The van der Waals surface area contributed by atoms with Gasteiger partial charge in [-0.05, 0) is 67.8 Å². The molecule has 3 amide bonds. The maximum atomic E-state index is 14.6. The second kappa shape index (κ2) is 15.6. The standard InChI is InChI=1S/C38H37F4N7O4/c1-3-48-35-31(30(24-13-15-27(39)16-14-24)32(37(48)52)44-34(50)25-9-7-10-26(21-25)38(40,41)42)33(45-49(35)28-11-5-4-6-12-28)36(51)46(2)29(22-43)17-19-47-18-8-20-53-23-47/h4-7,9-16,21,29-30,32H,3,8,17-20,23H2,1-2H3,(H,44,50)/t29-,30+,32+/m1/s1. The number of carbonyl (C=O) groups excluding carboxylic acids is 3. The van der Waals surface area contributed by atoms with E-state index in [1.807, 2.05) is 4.90 Å². The van der Waals surface area contributed by atoms with Crippen LogP contribution in [0.2, 0.25) is 0 Å². The Bertz CT molecular complexity index is 2010. The van der Waals surface area contributed by atoms with Crippen molar-refractivity contribution in [1.82, 2.24) is 24.9 Å². The van der Waals surface area contributed by atoms with Crippen molar-refractivity contribution < 1.29 is 36.7 Å². The number of para-hydroxylation sites is 1. The molecule has 0 unspecified atom stereocenters. The monoisotopic (exact) mass is 731 g/mol. The van der Waals surface area contributed by atoms with Crippen LogP contribution in [0.15, 0.2) is 78.9 Å². The molecular weight excluding hydrogens is 694 g/mol. The molecular formula is C38H37F4N7O4. The van der Waals surface area contributed by atoms with Crippen molar-refractivity contribution >= 4 is 23.5 Å². The second-order valence-electron chi connectivity index (χ2n) is 12.8. The fraction of sp³-hybridized carbons (Fsp3) is 0.342. The van der Waals surface area contributed by atoms with Gasteiger partial charge in [-0.3, -0.25) is 24.2 Å². The van der Waals surface area contributed by atoms with Gasteiger partial charge in [0.25, 0.3) is 17.7 Å². The number of benzene rings is 3. The highest BCUT2D eigenvalue weighted by atomic mass is 19.4. The molecule has 4 aromatic rings. The first-order valence-corrected chi connectivity index (χ1v) is 17.1. The molecule has 3 aromatic carbocycles. The van der Waals surface area contributed by atoms with Crippen LogP contribution in [0, 0.1) is 17.1 Å². The molecule has 2 aliphatic rings. The number of likely N-dealkylation sites (N-methyl/N-ethyl adjacent to an activating group) is 1. The van der Waals surface area contributed by atoms with E-state index in [1.54, 1.807) is 37.3 Å². The average Bonchev–Trinajstić information content (AvgIpc) is 3.56. The predicted octanol–water partition coefficient (Wildman–Crippen LogP) is 5.36. The number of amides is 3. The van der Waals surface area contributed by atoms with Crippen LogP contribution in [0.3, 0.4) is 0 Å². The van der Waals surface area contributed by atoms with Crippen LogP contribution in [-0.2, 0) is 15.7 Å². The third-order valence-electron chi connectivity index (χ3n) is 9.51. The minimum absolute atomic E-state index is 0.0542. The average molecular weight is 732 g/mol. The Morgan fingerprint density at radius 2 is 1.83 bits per heavy atom. The van der Waals surface area contributed by atoms with Crippen LogP contribution in [-0.4, -0.2) is 89.4 Å². The van der Waals surface area contributed by atoms with E-state index in [0.717, 1.165) is 25.1 Å². The molecule has 53 heavy (non-hydrogen) atoms. The number of ether oxygens (including phenoxy) is 1. The summed E-state index contributed by atoms with van der Waals surface area (Å²) in [5.41, 5.74) is -0.458. The van der Waals surface area contributed by atoms with E-state index < -0.39 is 53.3 Å². The zero-order valence-corrected chi connectivity index (χ0v) is 29.0. The van der Waals surface area contributed by atoms with E-state index in [4.69, 9.17) is 9.84 Å². The van der Waals surface area contributed by atoms with E-state index in [9.17, 15) is 37.2 Å². The Morgan fingerprint density at radius 3 is 2.47 bits per heavy atom. The van der Waals surface area contributed by atoms with E-state index in [0.29, 0.717) is 43.6 Å². The Hall–Kier alpha value is -5.59. The normalized spacial score (nSPS) is 18.2. The van der Waals surface area contributed by atoms with Crippen molar-refractivity contribution in [2.24, 2.45) is 0 Å². The summed E-state index contributed by atoms with van der Waals surface area (Å²) in [6, 6.07) is 17.6. The van der Waals surface area contributed by atoms with Gasteiger partial charge < -0.3 is 15.0 Å². The Labute approximate surface area is 303 Å². The number of hydrogen-bond donors (Lipinski definition) is 1. The van der Waals surface area contributed by atoms with Gasteiger partial charge in [-0.15, -0.1) is 0 Å². The Kier molecular flexibility index (Phi) is 10.9. The molecule has 276 valence electrons. The number of alkyl halides is 3. The molecule has 15 heteroatoms. The third-order valence-corrected chi connectivity index (χ3v) is 9.51. The highest BCUT2D eigenvalue weighted by Gasteiger charge is 2.48. The van der Waals surface area contributed by atoms with Crippen molar-refractivity contribution in [2.75, 3.05) is 44.9 Å². The summed E-state index contributed by atoms with van der Waals surface area (Å²) in [4.78, 5) is 47.5. The predicted molar refractivity (Wildman–Crippen MR) is 186 cm³/mol. The molecule has 0 spiro atoms. The quantitative estimate of drug-likeness (QED) is 0.218. The fourth-order valence-corrected chi connectivity index (χ4v) is 6.78. The van der Waals surface area contributed by atoms with Crippen LogP contribution in [0.1, 0.15) is 63.2 Å². The van der Waals surface area contributed by atoms with Crippen LogP contribution in [0.4, 0.5) is 23.4 Å². The van der Waals surface area contributed by atoms with E-state index >= 15 is 0 Å². The number of aromatic nitrogens is 2. The molecule has 1 saturated heterocycles. The summed E-state index contributed by atoms with van der Waals surface area (Å²) in [5.74, 6) is -3.75. The number of fused-ring (bicyclic) bond motifs is 1. The van der Waals surface area contributed by atoms with Gasteiger partial charge in [-0.1, -0.05) is 36.4 Å². The van der Waals surface area contributed by atoms with Gasteiger partial charge in [-0.25, -0.2) is 9.07 Å². The van der Waals surface area contributed by atoms with Gasteiger partial charge >= 0.3 is 6.18 Å². The Morgan fingerprint density at radius 1 is 1.09 bits per heavy atom. The zero-order chi connectivity index (χ0) is 37.9. The van der Waals surface area contributed by atoms with Crippen molar-refractivity contribution in [2.45, 2.75) is 43.9 Å². The van der Waals surface area contributed by atoms with Crippen molar-refractivity contribution in [3.05, 3.63) is 113 Å². The highest BCUT2D eigenvalue weighted by molar-refractivity contribution is 6.07. The minimum Gasteiger partial charge on any atom is -0.366 e. The molecule has 1 fully saturated rings. The first kappa shape index (κ1) is 37.2. The van der Waals surface area contributed by atoms with Gasteiger partial charge in [0, 0.05) is 50.3 Å². The first-order chi connectivity index (χ1) is 25.4. The number of nitrogens with zero attached hydrogens (tertiary/aromatic N) is 6. The van der Waals surface area contributed by atoms with E-state index in [-0.39, 0.29) is 29.2 Å². The van der Waals surface area contributed by atoms with Crippen LogP contribution in [0.5, 0.6) is 0 Å². The summed E-state index contributed by atoms with van der Waals surface area (Å²) in [5, 5.41) is 17.6. The number of anilines is 1. The van der Waals surface area contributed by atoms with Gasteiger partial charge in [0.15, 0.2) is 5.69 Å². The molecule has 1 N–H and O–H groups in total. The lowest BCUT2D eigenvalue weighted by atomic mass is 9.80. The Balaban J connectivity index is 1.49. The maximum Gasteiger partial charge on any atom is 0.416 e. The topological polar surface area (TPSA) is 124 Å². The fourth-order valence-electron chi connectivity index (χ4n) is 6.78. The smallest absolute Gasteiger partial charge is 0.366 e. The molecule has 11 nitrogen and oxygen atoms in total. The largest absolute Gasteiger partial charge is 0.416 e.